The summed E-state index contributed by atoms with van der Waals surface area (Å²) in [4.78, 5) is 12.6. The van der Waals surface area contributed by atoms with E-state index in [-0.39, 0.29) is 0 Å². The Morgan fingerprint density at radius 3 is 2.27 bits per heavy atom. The van der Waals surface area contributed by atoms with Crippen molar-refractivity contribution in [2.24, 2.45) is 5.92 Å². The third-order valence-electron chi connectivity index (χ3n) is 5.53. The van der Waals surface area contributed by atoms with Gasteiger partial charge in [0.2, 0.25) is 0 Å². The molecule has 1 atom stereocenters. The molecule has 1 aliphatic carbocycles. The molecule has 2 aromatic carbocycles. The minimum absolute atomic E-state index is 0.339. The van der Waals surface area contributed by atoms with Crippen LogP contribution in [-0.4, -0.2) is 5.78 Å². The Bertz CT molecular complexity index is 819. The van der Waals surface area contributed by atoms with Crippen molar-refractivity contribution in [3.05, 3.63) is 88.5 Å². The highest BCUT2D eigenvalue weighted by Gasteiger charge is 2.23. The molecule has 26 heavy (non-hydrogen) atoms. The maximum absolute atomic E-state index is 12.6. The number of rotatable bonds is 7. The van der Waals surface area contributed by atoms with Crippen LogP contribution < -0.4 is 0 Å². The number of hydrogen-bond acceptors (Lipinski definition) is 1. The smallest absolute Gasteiger partial charge is 0.137 e. The van der Waals surface area contributed by atoms with E-state index >= 15 is 0 Å². The minimum Gasteiger partial charge on any atom is -0.299 e. The second-order valence-electron chi connectivity index (χ2n) is 7.28. The number of hydrogen-bond donors (Lipinski definition) is 0. The van der Waals surface area contributed by atoms with Gasteiger partial charge < -0.3 is 0 Å². The summed E-state index contributed by atoms with van der Waals surface area (Å²) >= 11 is 0. The Kier molecular flexibility index (Phi) is 5.88. The van der Waals surface area contributed by atoms with E-state index in [9.17, 15) is 4.79 Å². The van der Waals surface area contributed by atoms with Gasteiger partial charge in [0.15, 0.2) is 0 Å². The van der Waals surface area contributed by atoms with E-state index in [0.717, 1.165) is 12.8 Å². The molecule has 0 spiro atoms. The molecule has 1 aliphatic rings. The number of allylic oxidation sites excluding steroid dienone is 4. The van der Waals surface area contributed by atoms with Crippen molar-refractivity contribution < 1.29 is 4.79 Å². The van der Waals surface area contributed by atoms with Crippen LogP contribution in [0.25, 0.3) is 5.57 Å². The maximum Gasteiger partial charge on any atom is 0.137 e. The normalized spacial score (nSPS) is 16.3. The molecule has 1 heteroatoms. The van der Waals surface area contributed by atoms with Gasteiger partial charge in [0, 0.05) is 18.8 Å². The molecular weight excluding hydrogens is 316 g/mol. The van der Waals surface area contributed by atoms with Gasteiger partial charge in [-0.05, 0) is 54.5 Å². The van der Waals surface area contributed by atoms with Gasteiger partial charge in [-0.2, -0.15) is 0 Å². The van der Waals surface area contributed by atoms with E-state index in [1.807, 2.05) is 0 Å². The molecule has 0 aromatic heterocycles. The van der Waals surface area contributed by atoms with Gasteiger partial charge >= 0.3 is 0 Å². The average Bonchev–Trinajstić information content (AvgIpc) is 3.07. The van der Waals surface area contributed by atoms with Crippen molar-refractivity contribution in [2.75, 3.05) is 0 Å². The number of Topliss-reactive ketones (excluding diaryl/α,β-unsaturated/α-hetero) is 1. The first-order chi connectivity index (χ1) is 12.6. The van der Waals surface area contributed by atoms with Crippen LogP contribution in [0.2, 0.25) is 0 Å². The Balaban J connectivity index is 1.61. The summed E-state index contributed by atoms with van der Waals surface area (Å²) < 4.78 is 0. The molecule has 0 amide bonds. The number of aryl methyl sites for hydroxylation is 2. The monoisotopic (exact) mass is 344 g/mol. The van der Waals surface area contributed by atoms with E-state index in [4.69, 9.17) is 0 Å². The van der Waals surface area contributed by atoms with Crippen LogP contribution in [-0.2, 0) is 11.2 Å². The fraction of sp³-hybridized carbons (Fsp3) is 0.320. The Morgan fingerprint density at radius 1 is 0.923 bits per heavy atom. The topological polar surface area (TPSA) is 17.1 Å². The number of ketones is 1. The fourth-order valence-corrected chi connectivity index (χ4v) is 3.99. The molecule has 1 unspecified atom stereocenters. The van der Waals surface area contributed by atoms with Crippen LogP contribution in [0, 0.1) is 19.8 Å². The fourth-order valence-electron chi connectivity index (χ4n) is 3.99. The molecular formula is C25H28O. The number of carbonyl (C=O) groups is 1. The van der Waals surface area contributed by atoms with Crippen LogP contribution in [0.1, 0.15) is 48.4 Å². The zero-order valence-electron chi connectivity index (χ0n) is 16.1. The highest BCUT2D eigenvalue weighted by atomic mass is 16.1. The van der Waals surface area contributed by atoms with Crippen molar-refractivity contribution in [1.29, 1.82) is 0 Å². The first kappa shape index (κ1) is 18.4. The summed E-state index contributed by atoms with van der Waals surface area (Å²) in [6.45, 7) is 6.43. The van der Waals surface area contributed by atoms with E-state index in [2.05, 4.69) is 81.5 Å². The van der Waals surface area contributed by atoms with Crippen molar-refractivity contribution in [3.63, 3.8) is 0 Å². The van der Waals surface area contributed by atoms with Crippen molar-refractivity contribution in [1.82, 2.24) is 0 Å². The summed E-state index contributed by atoms with van der Waals surface area (Å²) in [6.07, 6.45) is 7.62. The van der Waals surface area contributed by atoms with Gasteiger partial charge in [-0.3, -0.25) is 4.79 Å². The lowest BCUT2D eigenvalue weighted by molar-refractivity contribution is -0.118. The Hall–Kier alpha value is -2.41. The van der Waals surface area contributed by atoms with Gasteiger partial charge in [0.1, 0.15) is 5.78 Å². The van der Waals surface area contributed by atoms with E-state index in [1.165, 1.54) is 33.4 Å². The molecule has 0 aliphatic heterocycles. The lowest BCUT2D eigenvalue weighted by Crippen LogP contribution is -2.08. The number of carbonyl (C=O) groups excluding carboxylic acids is 1. The predicted octanol–water partition coefficient (Wildman–Crippen LogP) is 6.25. The zero-order chi connectivity index (χ0) is 18.5. The Labute approximate surface area is 157 Å². The third kappa shape index (κ3) is 4.04. The van der Waals surface area contributed by atoms with Gasteiger partial charge in [-0.1, -0.05) is 73.2 Å². The maximum atomic E-state index is 12.6. The van der Waals surface area contributed by atoms with E-state index in [1.54, 1.807) is 0 Å². The molecule has 0 N–H and O–H groups in total. The van der Waals surface area contributed by atoms with Crippen molar-refractivity contribution >= 4 is 11.4 Å². The zero-order valence-corrected chi connectivity index (χ0v) is 16.1. The molecule has 0 fully saturated rings. The lowest BCUT2D eigenvalue weighted by Gasteiger charge is -2.18. The second kappa shape index (κ2) is 8.31. The predicted molar refractivity (Wildman–Crippen MR) is 110 cm³/mol. The highest BCUT2D eigenvalue weighted by Crippen LogP contribution is 2.38. The summed E-state index contributed by atoms with van der Waals surface area (Å²) in [5.74, 6) is 0.789. The van der Waals surface area contributed by atoms with Gasteiger partial charge in [-0.15, -0.1) is 0 Å². The number of benzene rings is 2. The quantitative estimate of drug-likeness (QED) is 0.580. The third-order valence-corrected chi connectivity index (χ3v) is 5.53. The average molecular weight is 344 g/mol. The van der Waals surface area contributed by atoms with Crippen LogP contribution >= 0.6 is 0 Å². The molecule has 0 saturated carbocycles. The van der Waals surface area contributed by atoms with Gasteiger partial charge in [-0.25, -0.2) is 0 Å². The Morgan fingerprint density at radius 2 is 1.62 bits per heavy atom. The summed E-state index contributed by atoms with van der Waals surface area (Å²) in [5.41, 5.74) is 7.74. The highest BCUT2D eigenvalue weighted by molar-refractivity contribution is 5.82. The van der Waals surface area contributed by atoms with Crippen LogP contribution in [0.15, 0.2) is 66.3 Å². The van der Waals surface area contributed by atoms with E-state index < -0.39 is 0 Å². The molecule has 0 saturated heterocycles. The van der Waals surface area contributed by atoms with Crippen molar-refractivity contribution in [2.45, 2.75) is 46.5 Å². The summed E-state index contributed by atoms with van der Waals surface area (Å²) in [5, 5.41) is 0. The SMILES string of the molecule is CCC1C(CCC(=O)Cc2c(C)cccc2C)=CC=C1c1ccccc1. The van der Waals surface area contributed by atoms with Crippen LogP contribution in [0.4, 0.5) is 0 Å². The van der Waals surface area contributed by atoms with Crippen LogP contribution in [0.3, 0.4) is 0 Å². The minimum atomic E-state index is 0.339. The molecule has 0 radical (unpaired) electrons. The molecule has 2 aromatic rings. The first-order valence-electron chi connectivity index (χ1n) is 9.63. The molecule has 1 nitrogen and oxygen atoms in total. The molecule has 0 heterocycles. The molecule has 134 valence electrons. The van der Waals surface area contributed by atoms with Crippen molar-refractivity contribution in [3.8, 4) is 0 Å². The second-order valence-corrected chi connectivity index (χ2v) is 7.28. The van der Waals surface area contributed by atoms with Gasteiger partial charge in [0.25, 0.3) is 0 Å². The summed E-state index contributed by atoms with van der Waals surface area (Å²) in [6, 6.07) is 16.8. The molecule has 3 rings (SSSR count). The summed E-state index contributed by atoms with van der Waals surface area (Å²) in [7, 11) is 0. The first-order valence-corrected chi connectivity index (χ1v) is 9.63. The lowest BCUT2D eigenvalue weighted by atomic mass is 9.86. The largest absolute Gasteiger partial charge is 0.299 e. The molecule has 0 bridgehead atoms. The van der Waals surface area contributed by atoms with Crippen LogP contribution in [0.5, 0.6) is 0 Å². The van der Waals surface area contributed by atoms with Gasteiger partial charge in [0.05, 0.1) is 0 Å². The van der Waals surface area contributed by atoms with E-state index in [0.29, 0.717) is 24.5 Å². The standard InChI is InChI=1S/C25H28O/c1-4-23-21(14-16-24(23)20-11-6-5-7-12-20)13-15-22(26)17-25-18(2)9-8-10-19(25)3/h5-12,14,16,23H,4,13,15,17H2,1-3H3.